The average molecular weight is 787 g/mol. The van der Waals surface area contributed by atoms with Crippen LogP contribution in [0.4, 0.5) is 0 Å². The molecule has 1 nitrogen and oxygen atoms in total. The van der Waals surface area contributed by atoms with Crippen molar-refractivity contribution in [2.24, 2.45) is 0 Å². The molecule has 0 unspecified atom stereocenters. The molecule has 0 aliphatic heterocycles. The number of benzene rings is 9. The van der Waals surface area contributed by atoms with Crippen molar-refractivity contribution >= 4 is 21.5 Å². The Morgan fingerprint density at radius 1 is 0.361 bits per heavy atom. The van der Waals surface area contributed by atoms with Gasteiger partial charge in [-0.15, -0.1) is 0 Å². The summed E-state index contributed by atoms with van der Waals surface area (Å²) in [6, 6.07) is 66.0. The second-order valence-electron chi connectivity index (χ2n) is 18.2. The molecule has 0 spiro atoms. The first-order valence-electron chi connectivity index (χ1n) is 22.0. The van der Waals surface area contributed by atoms with Crippen LogP contribution in [-0.2, 0) is 10.8 Å². The lowest BCUT2D eigenvalue weighted by Gasteiger charge is -2.24. The van der Waals surface area contributed by atoms with Crippen LogP contribution in [0.2, 0.25) is 0 Å². The molecule has 296 valence electrons. The Labute approximate surface area is 360 Å². The summed E-state index contributed by atoms with van der Waals surface area (Å²) in [5.41, 5.74) is 20.8. The van der Waals surface area contributed by atoms with E-state index >= 15 is 0 Å². The zero-order valence-electron chi connectivity index (χ0n) is 35.8. The van der Waals surface area contributed by atoms with Gasteiger partial charge in [0.25, 0.3) is 0 Å². The van der Waals surface area contributed by atoms with Crippen molar-refractivity contribution in [3.05, 3.63) is 198 Å². The number of unbranched alkanes of at least 4 members (excludes halogenated alkanes) is 1. The minimum absolute atomic E-state index is 0.0290. The molecular formula is C60H50O. The predicted octanol–water partition coefficient (Wildman–Crippen LogP) is 16.5. The van der Waals surface area contributed by atoms with Gasteiger partial charge in [-0.25, -0.2) is 0 Å². The molecule has 0 heterocycles. The monoisotopic (exact) mass is 786 g/mol. The van der Waals surface area contributed by atoms with E-state index < -0.39 is 0 Å². The summed E-state index contributed by atoms with van der Waals surface area (Å²) in [6.07, 6.45) is 2.20. The van der Waals surface area contributed by atoms with Gasteiger partial charge in [-0.2, -0.15) is 0 Å². The molecule has 0 fully saturated rings. The van der Waals surface area contributed by atoms with Crippen LogP contribution in [0, 0.1) is 0 Å². The largest absolute Gasteiger partial charge is 0.494 e. The zero-order valence-corrected chi connectivity index (χ0v) is 35.8. The van der Waals surface area contributed by atoms with Gasteiger partial charge in [0.2, 0.25) is 0 Å². The first kappa shape index (κ1) is 37.3. The SMILES string of the molecule is CCCCOc1ccc(-c2ccc(-c3c4ccccc4c(-c4ccc5c(c4)C(C)(C)c4cc(-c6ccc7c(c6)C(C)(C)c6ccccc6-7)ccc4-5)c4ccccc34)cc2)cc1. The Hall–Kier alpha value is -6.70. The fourth-order valence-electron chi connectivity index (χ4n) is 10.6. The predicted molar refractivity (Wildman–Crippen MR) is 259 cm³/mol. The molecule has 1 heteroatoms. The summed E-state index contributed by atoms with van der Waals surface area (Å²) in [6.45, 7) is 12.5. The van der Waals surface area contributed by atoms with Gasteiger partial charge >= 0.3 is 0 Å². The standard InChI is InChI=1S/C60H50O/c1-6-7-34-61-44-29-24-39(25-30-44)38-20-22-40(23-21-38)57-49-15-8-10-17-51(49)58(52-18-11-9-16-50(52)57)43-28-33-48-47-32-27-42(36-55(47)60(4,5)56(48)37-43)41-26-31-46-45-14-12-13-19-53(45)59(2,3)54(46)35-41/h8-33,35-37H,6-7,34H2,1-5H3. The fraction of sp³-hybridized carbons (Fsp3) is 0.167. The minimum Gasteiger partial charge on any atom is -0.494 e. The molecule has 2 aliphatic rings. The molecule has 0 atom stereocenters. The van der Waals surface area contributed by atoms with Crippen LogP contribution in [0.15, 0.2) is 176 Å². The maximum Gasteiger partial charge on any atom is 0.119 e. The van der Waals surface area contributed by atoms with E-state index in [2.05, 4.69) is 211 Å². The summed E-state index contributed by atoms with van der Waals surface area (Å²) in [4.78, 5) is 0. The van der Waals surface area contributed by atoms with Gasteiger partial charge in [-0.05, 0) is 147 Å². The Morgan fingerprint density at radius 3 is 1.26 bits per heavy atom. The summed E-state index contributed by atoms with van der Waals surface area (Å²) in [7, 11) is 0. The minimum atomic E-state index is -0.168. The van der Waals surface area contributed by atoms with Crippen molar-refractivity contribution in [3.8, 4) is 72.5 Å². The van der Waals surface area contributed by atoms with E-state index in [-0.39, 0.29) is 10.8 Å². The first-order chi connectivity index (χ1) is 29.7. The number of hydrogen-bond donors (Lipinski definition) is 0. The molecule has 0 N–H and O–H groups in total. The maximum atomic E-state index is 5.93. The lowest BCUT2D eigenvalue weighted by Crippen LogP contribution is -2.15. The molecule has 0 bridgehead atoms. The zero-order chi connectivity index (χ0) is 41.5. The van der Waals surface area contributed by atoms with Crippen LogP contribution in [0.1, 0.15) is 69.7 Å². The second-order valence-corrected chi connectivity index (χ2v) is 18.2. The summed E-state index contributed by atoms with van der Waals surface area (Å²) in [5.74, 6) is 0.930. The van der Waals surface area contributed by atoms with E-state index in [1.807, 2.05) is 0 Å². The van der Waals surface area contributed by atoms with Crippen molar-refractivity contribution in [1.29, 1.82) is 0 Å². The van der Waals surface area contributed by atoms with Gasteiger partial charge in [-0.1, -0.05) is 187 Å². The fourth-order valence-corrected chi connectivity index (χ4v) is 10.6. The van der Waals surface area contributed by atoms with Crippen molar-refractivity contribution in [1.82, 2.24) is 0 Å². The molecule has 0 radical (unpaired) electrons. The lowest BCUT2D eigenvalue weighted by molar-refractivity contribution is 0.309. The molecule has 0 saturated carbocycles. The molecule has 0 amide bonds. The molecule has 2 aliphatic carbocycles. The van der Waals surface area contributed by atoms with E-state index in [0.29, 0.717) is 0 Å². The molecule has 11 rings (SSSR count). The summed E-state index contributed by atoms with van der Waals surface area (Å²) >= 11 is 0. The molecule has 9 aromatic rings. The topological polar surface area (TPSA) is 9.23 Å². The van der Waals surface area contributed by atoms with Crippen LogP contribution < -0.4 is 4.74 Å². The second kappa shape index (κ2) is 14.2. The van der Waals surface area contributed by atoms with E-state index in [1.165, 1.54) is 111 Å². The van der Waals surface area contributed by atoms with Gasteiger partial charge in [0.15, 0.2) is 0 Å². The van der Waals surface area contributed by atoms with E-state index in [1.54, 1.807) is 0 Å². The number of fused-ring (bicyclic) bond motifs is 8. The van der Waals surface area contributed by atoms with Crippen LogP contribution in [0.25, 0.3) is 88.3 Å². The number of ether oxygens (including phenoxy) is 1. The van der Waals surface area contributed by atoms with Crippen molar-refractivity contribution in [2.75, 3.05) is 6.61 Å². The third kappa shape index (κ3) is 5.89. The Kier molecular flexibility index (Phi) is 8.69. The van der Waals surface area contributed by atoms with Gasteiger partial charge in [-0.3, -0.25) is 0 Å². The van der Waals surface area contributed by atoms with Crippen LogP contribution >= 0.6 is 0 Å². The third-order valence-electron chi connectivity index (χ3n) is 13.9. The molecular weight excluding hydrogens is 737 g/mol. The quantitative estimate of drug-likeness (QED) is 0.110. The van der Waals surface area contributed by atoms with Gasteiger partial charge in [0.05, 0.1) is 6.61 Å². The Bertz CT molecular complexity index is 3120. The summed E-state index contributed by atoms with van der Waals surface area (Å²) < 4.78 is 5.93. The van der Waals surface area contributed by atoms with Gasteiger partial charge in [0.1, 0.15) is 5.75 Å². The highest BCUT2D eigenvalue weighted by Crippen LogP contribution is 2.53. The molecule has 0 aromatic heterocycles. The molecule has 9 aromatic carbocycles. The molecule has 0 saturated heterocycles. The lowest BCUT2D eigenvalue weighted by atomic mass is 9.79. The van der Waals surface area contributed by atoms with Gasteiger partial charge < -0.3 is 4.74 Å². The third-order valence-corrected chi connectivity index (χ3v) is 13.9. The highest BCUT2D eigenvalue weighted by molar-refractivity contribution is 6.21. The van der Waals surface area contributed by atoms with E-state index in [9.17, 15) is 0 Å². The van der Waals surface area contributed by atoms with Crippen LogP contribution in [0.5, 0.6) is 5.75 Å². The smallest absolute Gasteiger partial charge is 0.119 e. The van der Waals surface area contributed by atoms with Crippen LogP contribution in [-0.4, -0.2) is 6.61 Å². The van der Waals surface area contributed by atoms with E-state index in [4.69, 9.17) is 4.74 Å². The van der Waals surface area contributed by atoms with Crippen molar-refractivity contribution in [2.45, 2.75) is 58.3 Å². The van der Waals surface area contributed by atoms with Crippen LogP contribution in [0.3, 0.4) is 0 Å². The Morgan fingerprint density at radius 2 is 0.738 bits per heavy atom. The molecule has 61 heavy (non-hydrogen) atoms. The highest BCUT2D eigenvalue weighted by atomic mass is 16.5. The first-order valence-corrected chi connectivity index (χ1v) is 22.0. The Balaban J connectivity index is 0.966. The normalized spacial score (nSPS) is 14.1. The average Bonchev–Trinajstić information content (AvgIpc) is 3.67. The van der Waals surface area contributed by atoms with Crippen molar-refractivity contribution in [3.63, 3.8) is 0 Å². The van der Waals surface area contributed by atoms with Gasteiger partial charge in [0, 0.05) is 10.8 Å². The maximum absolute atomic E-state index is 5.93. The number of rotatable bonds is 8. The van der Waals surface area contributed by atoms with Crippen molar-refractivity contribution < 1.29 is 4.74 Å². The summed E-state index contributed by atoms with van der Waals surface area (Å²) in [5, 5.41) is 5.09. The highest BCUT2D eigenvalue weighted by Gasteiger charge is 2.38. The number of hydrogen-bond acceptors (Lipinski definition) is 1. The van der Waals surface area contributed by atoms with E-state index in [0.717, 1.165) is 25.2 Å².